The zero-order valence-corrected chi connectivity index (χ0v) is 26.8. The van der Waals surface area contributed by atoms with Gasteiger partial charge in [0, 0.05) is 17.5 Å². The standard InChI is InChI=1S/C38H37NO10/c1-25(39(22-34(40)41)35(42)33-24-48-38(49-33,36(43)44)37(45)46)30(19-17-26-11-5-2-6-12-26)29-18-20-31(28-15-9-4-10-16-28)32(21-29)47-23-27-13-7-3-8-14-27/h2-16,18,20-21,25,30,33H,17,19,22-24H2,1H3,(H,40,41)(H,43,44)(H,45,46). The third-order valence-corrected chi connectivity index (χ3v) is 8.59. The van der Waals surface area contributed by atoms with Crippen LogP contribution in [0.25, 0.3) is 11.1 Å². The van der Waals surface area contributed by atoms with Crippen LogP contribution in [0.1, 0.15) is 36.0 Å². The topological polar surface area (TPSA) is 160 Å². The van der Waals surface area contributed by atoms with Crippen LogP contribution >= 0.6 is 0 Å². The molecule has 1 amide bonds. The number of carboxylic acid groups (broad SMARTS) is 3. The summed E-state index contributed by atoms with van der Waals surface area (Å²) in [6, 6.07) is 34.2. The number of benzene rings is 4. The van der Waals surface area contributed by atoms with Crippen LogP contribution in [0.5, 0.6) is 5.75 Å². The maximum Gasteiger partial charge on any atom is 0.377 e. The Bertz CT molecular complexity index is 1750. The lowest BCUT2D eigenvalue weighted by Gasteiger charge is -2.36. The molecule has 254 valence electrons. The molecule has 3 unspecified atom stereocenters. The summed E-state index contributed by atoms with van der Waals surface area (Å²) in [5.41, 5.74) is 4.58. The van der Waals surface area contributed by atoms with Crippen LogP contribution in [-0.4, -0.2) is 75.1 Å². The molecule has 49 heavy (non-hydrogen) atoms. The van der Waals surface area contributed by atoms with Crippen molar-refractivity contribution in [2.45, 2.75) is 50.2 Å². The summed E-state index contributed by atoms with van der Waals surface area (Å²) in [6.07, 6.45) is -0.572. The minimum Gasteiger partial charge on any atom is -0.488 e. The van der Waals surface area contributed by atoms with Gasteiger partial charge in [0.15, 0.2) is 6.10 Å². The molecule has 1 fully saturated rings. The Kier molecular flexibility index (Phi) is 11.1. The van der Waals surface area contributed by atoms with Crippen LogP contribution in [0.2, 0.25) is 0 Å². The molecule has 0 aromatic heterocycles. The number of carboxylic acids is 3. The van der Waals surface area contributed by atoms with Crippen molar-refractivity contribution in [3.05, 3.63) is 126 Å². The van der Waals surface area contributed by atoms with E-state index >= 15 is 0 Å². The highest BCUT2D eigenvalue weighted by atomic mass is 16.8. The minimum atomic E-state index is -3.08. The van der Waals surface area contributed by atoms with Gasteiger partial charge in [-0.25, -0.2) is 9.59 Å². The number of carbonyl (C=O) groups excluding carboxylic acids is 1. The fourth-order valence-electron chi connectivity index (χ4n) is 6.00. The van der Waals surface area contributed by atoms with Crippen LogP contribution in [0, 0.1) is 0 Å². The monoisotopic (exact) mass is 667 g/mol. The van der Waals surface area contributed by atoms with Crippen LogP contribution in [-0.2, 0) is 41.7 Å². The average Bonchev–Trinajstić information content (AvgIpc) is 3.58. The molecule has 0 spiro atoms. The van der Waals surface area contributed by atoms with Gasteiger partial charge >= 0.3 is 23.7 Å². The minimum absolute atomic E-state index is 0.298. The molecule has 1 saturated heterocycles. The maximum atomic E-state index is 13.9. The second kappa shape index (κ2) is 15.6. The molecule has 3 atom stereocenters. The molecule has 11 nitrogen and oxygen atoms in total. The second-order valence-electron chi connectivity index (χ2n) is 11.8. The molecule has 1 aliphatic rings. The quantitative estimate of drug-likeness (QED) is 0.143. The SMILES string of the molecule is CC(C(CCc1ccccc1)c1ccc(-c2ccccc2)c(OCc2ccccc2)c1)N(CC(=O)O)C(=O)C1COC(C(=O)O)(C(=O)O)O1. The molecular formula is C38H37NO10. The number of rotatable bonds is 15. The summed E-state index contributed by atoms with van der Waals surface area (Å²) in [7, 11) is 0. The van der Waals surface area contributed by atoms with Gasteiger partial charge in [-0.05, 0) is 48.1 Å². The Morgan fingerprint density at radius 2 is 1.43 bits per heavy atom. The Morgan fingerprint density at radius 1 is 0.837 bits per heavy atom. The van der Waals surface area contributed by atoms with Gasteiger partial charge in [0.2, 0.25) is 0 Å². The number of carbonyl (C=O) groups is 4. The number of amides is 1. The van der Waals surface area contributed by atoms with E-state index < -0.39 is 60.8 Å². The average molecular weight is 668 g/mol. The lowest BCUT2D eigenvalue weighted by Crippen LogP contribution is -2.52. The van der Waals surface area contributed by atoms with Crippen molar-refractivity contribution < 1.29 is 48.7 Å². The van der Waals surface area contributed by atoms with E-state index in [0.717, 1.165) is 32.7 Å². The van der Waals surface area contributed by atoms with Crippen LogP contribution in [0.4, 0.5) is 0 Å². The van der Waals surface area contributed by atoms with E-state index in [4.69, 9.17) is 14.2 Å². The van der Waals surface area contributed by atoms with Crippen molar-refractivity contribution in [1.82, 2.24) is 4.90 Å². The smallest absolute Gasteiger partial charge is 0.377 e. The molecule has 0 aliphatic carbocycles. The molecule has 0 bridgehead atoms. The largest absolute Gasteiger partial charge is 0.488 e. The van der Waals surface area contributed by atoms with Gasteiger partial charge in [-0.15, -0.1) is 0 Å². The van der Waals surface area contributed by atoms with Crippen LogP contribution in [0.15, 0.2) is 109 Å². The van der Waals surface area contributed by atoms with Crippen molar-refractivity contribution in [3.8, 4) is 16.9 Å². The Balaban J connectivity index is 1.52. The molecule has 0 radical (unpaired) electrons. The molecule has 1 aliphatic heterocycles. The van der Waals surface area contributed by atoms with E-state index in [1.165, 1.54) is 0 Å². The highest BCUT2D eigenvalue weighted by Crippen LogP contribution is 2.38. The zero-order valence-electron chi connectivity index (χ0n) is 26.8. The first-order valence-electron chi connectivity index (χ1n) is 15.8. The predicted molar refractivity (Wildman–Crippen MR) is 178 cm³/mol. The first kappa shape index (κ1) is 34.8. The van der Waals surface area contributed by atoms with E-state index in [1.807, 2.05) is 109 Å². The molecule has 4 aromatic rings. The number of aryl methyl sites for hydroxylation is 1. The maximum absolute atomic E-state index is 13.9. The Morgan fingerprint density at radius 3 is 2.00 bits per heavy atom. The molecular weight excluding hydrogens is 630 g/mol. The van der Waals surface area contributed by atoms with Crippen molar-refractivity contribution in [2.24, 2.45) is 0 Å². The van der Waals surface area contributed by atoms with Crippen molar-refractivity contribution in [1.29, 1.82) is 0 Å². The zero-order chi connectivity index (χ0) is 35.0. The highest BCUT2D eigenvalue weighted by molar-refractivity contribution is 6.01. The van der Waals surface area contributed by atoms with E-state index in [-0.39, 0.29) is 0 Å². The first-order chi connectivity index (χ1) is 23.6. The van der Waals surface area contributed by atoms with Crippen LogP contribution < -0.4 is 4.74 Å². The van der Waals surface area contributed by atoms with Gasteiger partial charge in [-0.3, -0.25) is 9.59 Å². The third-order valence-electron chi connectivity index (χ3n) is 8.59. The number of aliphatic carboxylic acids is 3. The predicted octanol–water partition coefficient (Wildman–Crippen LogP) is 5.23. The van der Waals surface area contributed by atoms with E-state index in [2.05, 4.69) is 0 Å². The summed E-state index contributed by atoms with van der Waals surface area (Å²) >= 11 is 0. The van der Waals surface area contributed by atoms with Gasteiger partial charge in [0.05, 0.1) is 6.61 Å². The lowest BCUT2D eigenvalue weighted by atomic mass is 9.85. The highest BCUT2D eigenvalue weighted by Gasteiger charge is 2.58. The van der Waals surface area contributed by atoms with E-state index in [1.54, 1.807) is 6.92 Å². The van der Waals surface area contributed by atoms with Crippen molar-refractivity contribution >= 4 is 23.8 Å². The fraction of sp³-hybridized carbons (Fsp3) is 0.263. The molecule has 1 heterocycles. The number of ether oxygens (including phenoxy) is 3. The van der Waals surface area contributed by atoms with Gasteiger partial charge in [-0.1, -0.05) is 103 Å². The Labute approximate surface area is 283 Å². The third kappa shape index (κ3) is 8.14. The number of nitrogens with zero attached hydrogens (tertiary/aromatic N) is 1. The molecule has 11 heteroatoms. The molecule has 4 aromatic carbocycles. The summed E-state index contributed by atoms with van der Waals surface area (Å²) in [6.45, 7) is 0.585. The number of hydrogen-bond acceptors (Lipinski definition) is 7. The lowest BCUT2D eigenvalue weighted by molar-refractivity contribution is -0.218. The Hall–Kier alpha value is -5.52. The van der Waals surface area contributed by atoms with Crippen molar-refractivity contribution in [3.63, 3.8) is 0 Å². The van der Waals surface area contributed by atoms with Gasteiger partial charge in [-0.2, -0.15) is 0 Å². The normalized spacial score (nSPS) is 16.3. The molecule has 3 N–H and O–H groups in total. The van der Waals surface area contributed by atoms with E-state index in [9.17, 15) is 34.5 Å². The van der Waals surface area contributed by atoms with E-state index in [0.29, 0.717) is 25.2 Å². The summed E-state index contributed by atoms with van der Waals surface area (Å²) in [5.74, 6) is -9.01. The van der Waals surface area contributed by atoms with Crippen molar-refractivity contribution in [2.75, 3.05) is 13.2 Å². The molecule has 5 rings (SSSR count). The molecule has 0 saturated carbocycles. The summed E-state index contributed by atoms with van der Waals surface area (Å²) < 4.78 is 16.6. The second-order valence-corrected chi connectivity index (χ2v) is 11.8. The van der Waals surface area contributed by atoms with Crippen LogP contribution in [0.3, 0.4) is 0 Å². The number of hydrogen-bond donors (Lipinski definition) is 3. The first-order valence-corrected chi connectivity index (χ1v) is 15.8. The van der Waals surface area contributed by atoms with Gasteiger partial charge < -0.3 is 34.4 Å². The fourth-order valence-corrected chi connectivity index (χ4v) is 6.00. The van der Waals surface area contributed by atoms with Gasteiger partial charge in [0.1, 0.15) is 18.9 Å². The summed E-state index contributed by atoms with van der Waals surface area (Å²) in [5, 5.41) is 28.9. The summed E-state index contributed by atoms with van der Waals surface area (Å²) in [4.78, 5) is 50.6. The van der Waals surface area contributed by atoms with Gasteiger partial charge in [0.25, 0.3) is 5.91 Å².